The van der Waals surface area contributed by atoms with Gasteiger partial charge in [-0.05, 0) is 74.2 Å². The number of hydrogen-bond acceptors (Lipinski definition) is 8. The van der Waals surface area contributed by atoms with Gasteiger partial charge in [0.05, 0.1) is 18.0 Å². The Balaban J connectivity index is 1.77. The molecular formula is C31H33FN4O5S. The fourth-order valence-corrected chi connectivity index (χ4v) is 5.24. The van der Waals surface area contributed by atoms with E-state index in [0.717, 1.165) is 16.7 Å². The zero-order chi connectivity index (χ0) is 30.6. The number of aromatic nitrogens is 2. The first-order chi connectivity index (χ1) is 19.9. The summed E-state index contributed by atoms with van der Waals surface area (Å²) in [5.41, 5.74) is 9.06. The van der Waals surface area contributed by atoms with Crippen LogP contribution in [-0.4, -0.2) is 30.9 Å². The molecule has 0 spiro atoms. The lowest BCUT2D eigenvalue weighted by Crippen LogP contribution is -2.31. The van der Waals surface area contributed by atoms with Crippen LogP contribution in [0.1, 0.15) is 46.6 Å². The van der Waals surface area contributed by atoms with Gasteiger partial charge in [0.1, 0.15) is 22.9 Å². The van der Waals surface area contributed by atoms with E-state index < -0.39 is 21.7 Å². The molecule has 0 unspecified atom stereocenters. The average molecular weight is 593 g/mol. The van der Waals surface area contributed by atoms with Gasteiger partial charge >= 0.3 is 0 Å². The molecule has 4 rings (SSSR count). The van der Waals surface area contributed by atoms with Crippen molar-refractivity contribution < 1.29 is 27.1 Å². The van der Waals surface area contributed by atoms with Crippen molar-refractivity contribution in [3.63, 3.8) is 0 Å². The van der Waals surface area contributed by atoms with E-state index in [1.54, 1.807) is 12.1 Å². The van der Waals surface area contributed by atoms with Crippen LogP contribution in [0.2, 0.25) is 0 Å². The van der Waals surface area contributed by atoms with Crippen LogP contribution in [0.3, 0.4) is 0 Å². The molecule has 0 atom stereocenters. The molecule has 0 radical (unpaired) electrons. The second-order valence-electron chi connectivity index (χ2n) is 10.4. The number of sulfonamides is 1. The van der Waals surface area contributed by atoms with Gasteiger partial charge in [-0.2, -0.15) is 8.42 Å². The first-order valence-electron chi connectivity index (χ1n) is 13.3. The Morgan fingerprint density at radius 1 is 1.00 bits per heavy atom. The number of aryl methyl sites for hydroxylation is 3. The Bertz CT molecular complexity index is 1720. The van der Waals surface area contributed by atoms with Crippen molar-refractivity contribution in [1.82, 2.24) is 14.7 Å². The van der Waals surface area contributed by atoms with Crippen molar-refractivity contribution >= 4 is 15.9 Å². The Hall–Kier alpha value is -4.35. The molecule has 1 amide bonds. The number of halogens is 1. The molecular weight excluding hydrogens is 559 g/mol. The number of carbonyl (C=O) groups excluding carboxylic acids is 1. The number of benzene rings is 2. The highest BCUT2D eigenvalue weighted by Gasteiger charge is 2.25. The van der Waals surface area contributed by atoms with Gasteiger partial charge in [-0.25, -0.2) is 19.1 Å². The number of hydrogen-bond donors (Lipinski definition) is 2. The molecule has 9 nitrogen and oxygen atoms in total. The van der Waals surface area contributed by atoms with Gasteiger partial charge in [0, 0.05) is 18.2 Å². The van der Waals surface area contributed by atoms with Gasteiger partial charge in [0.2, 0.25) is 5.88 Å². The number of carbonyl (C=O) groups is 1. The molecule has 42 heavy (non-hydrogen) atoms. The minimum absolute atomic E-state index is 0.0280. The van der Waals surface area contributed by atoms with Crippen LogP contribution in [0.15, 0.2) is 65.7 Å². The van der Waals surface area contributed by atoms with Crippen molar-refractivity contribution in [2.75, 3.05) is 6.61 Å². The molecule has 3 N–H and O–H groups in total. The second kappa shape index (κ2) is 12.7. The highest BCUT2D eigenvalue weighted by atomic mass is 32.2. The second-order valence-corrected chi connectivity index (χ2v) is 12.0. The lowest BCUT2D eigenvalue weighted by atomic mass is 10.1. The number of nitrogens with zero attached hydrogens (tertiary/aromatic N) is 2. The third kappa shape index (κ3) is 7.29. The van der Waals surface area contributed by atoms with Crippen molar-refractivity contribution in [1.29, 1.82) is 0 Å². The van der Waals surface area contributed by atoms with Crippen LogP contribution in [0.4, 0.5) is 4.39 Å². The molecule has 0 saturated carbocycles. The van der Waals surface area contributed by atoms with Gasteiger partial charge in [0.15, 0.2) is 5.03 Å². The van der Waals surface area contributed by atoms with Crippen molar-refractivity contribution in [2.24, 2.45) is 11.7 Å². The maximum Gasteiger partial charge on any atom is 0.281 e. The van der Waals surface area contributed by atoms with E-state index in [-0.39, 0.29) is 34.6 Å². The predicted molar refractivity (Wildman–Crippen MR) is 157 cm³/mol. The Kier molecular flexibility index (Phi) is 9.23. The number of rotatable bonds is 10. The Morgan fingerprint density at radius 2 is 1.71 bits per heavy atom. The maximum atomic E-state index is 14.6. The van der Waals surface area contributed by atoms with Gasteiger partial charge in [0.25, 0.3) is 15.9 Å². The molecule has 2 aromatic carbocycles. The molecule has 2 aromatic heterocycles. The Labute approximate surface area is 245 Å². The maximum absolute atomic E-state index is 14.6. The molecule has 0 bridgehead atoms. The minimum Gasteiger partial charge on any atom is -0.493 e. The zero-order valence-corrected chi connectivity index (χ0v) is 24.9. The summed E-state index contributed by atoms with van der Waals surface area (Å²) in [6, 6.07) is 15.2. The van der Waals surface area contributed by atoms with E-state index in [1.165, 1.54) is 36.4 Å². The van der Waals surface area contributed by atoms with E-state index in [1.807, 2.05) is 51.5 Å². The highest BCUT2D eigenvalue weighted by Crippen LogP contribution is 2.33. The number of nitrogens with two attached hydrogens (primary N) is 1. The van der Waals surface area contributed by atoms with E-state index in [2.05, 4.69) is 9.97 Å². The topological polar surface area (TPSA) is 134 Å². The average Bonchev–Trinajstić information content (AvgIpc) is 2.93. The number of nitrogens with one attached hydrogen (secondary N) is 1. The predicted octanol–water partition coefficient (Wildman–Crippen LogP) is 5.61. The van der Waals surface area contributed by atoms with Gasteiger partial charge < -0.3 is 15.2 Å². The molecule has 0 fully saturated rings. The van der Waals surface area contributed by atoms with Crippen LogP contribution < -0.4 is 19.9 Å². The summed E-state index contributed by atoms with van der Waals surface area (Å²) >= 11 is 0. The summed E-state index contributed by atoms with van der Waals surface area (Å²) in [6.07, 6.45) is 0. The molecule has 4 aromatic rings. The molecule has 0 aliphatic rings. The molecule has 0 aliphatic carbocycles. The SMILES string of the molecule is Cc1cc(C)c(Oc2nc(-c3cc(F)cc(OCC(C)C)c3)ccc2C(=O)NS(=O)(=O)c2cccc(CN)n2)c(C)c1. The van der Waals surface area contributed by atoms with Gasteiger partial charge in [-0.1, -0.05) is 37.6 Å². The lowest BCUT2D eigenvalue weighted by molar-refractivity contribution is 0.0978. The fourth-order valence-electron chi connectivity index (χ4n) is 4.28. The molecule has 0 aliphatic heterocycles. The Morgan fingerprint density at radius 3 is 2.38 bits per heavy atom. The smallest absolute Gasteiger partial charge is 0.281 e. The first-order valence-corrected chi connectivity index (χ1v) is 14.8. The van der Waals surface area contributed by atoms with Crippen LogP contribution >= 0.6 is 0 Å². The summed E-state index contributed by atoms with van der Waals surface area (Å²) in [4.78, 5) is 21.9. The van der Waals surface area contributed by atoms with Crippen LogP contribution in [0.5, 0.6) is 17.4 Å². The monoisotopic (exact) mass is 592 g/mol. The summed E-state index contributed by atoms with van der Waals surface area (Å²) in [7, 11) is -4.35. The molecule has 0 saturated heterocycles. The number of pyridine rings is 2. The van der Waals surface area contributed by atoms with Crippen LogP contribution in [0, 0.1) is 32.5 Å². The lowest BCUT2D eigenvalue weighted by Gasteiger charge is -2.16. The summed E-state index contributed by atoms with van der Waals surface area (Å²) in [5, 5.41) is -0.357. The fraction of sp³-hybridized carbons (Fsp3) is 0.258. The van der Waals surface area contributed by atoms with Crippen LogP contribution in [0.25, 0.3) is 11.3 Å². The van der Waals surface area contributed by atoms with E-state index >= 15 is 0 Å². The van der Waals surface area contributed by atoms with Crippen molar-refractivity contribution in [3.05, 3.63) is 94.4 Å². The number of amides is 1. The largest absolute Gasteiger partial charge is 0.493 e. The van der Waals surface area contributed by atoms with Gasteiger partial charge in [-0.15, -0.1) is 0 Å². The molecule has 2 heterocycles. The quantitative estimate of drug-likeness (QED) is 0.243. The molecule has 220 valence electrons. The summed E-state index contributed by atoms with van der Waals surface area (Å²) in [6.45, 7) is 10.0. The third-order valence-corrected chi connectivity index (χ3v) is 7.38. The van der Waals surface area contributed by atoms with E-state index in [9.17, 15) is 17.6 Å². The number of ether oxygens (including phenoxy) is 2. The summed E-state index contributed by atoms with van der Waals surface area (Å²) < 4.78 is 54.5. The van der Waals surface area contributed by atoms with Gasteiger partial charge in [-0.3, -0.25) is 4.79 Å². The van der Waals surface area contributed by atoms with E-state index in [4.69, 9.17) is 15.2 Å². The van der Waals surface area contributed by atoms with Crippen LogP contribution in [-0.2, 0) is 16.6 Å². The molecule has 11 heteroatoms. The highest BCUT2D eigenvalue weighted by molar-refractivity contribution is 7.90. The first kappa shape index (κ1) is 30.6. The van der Waals surface area contributed by atoms with Crippen molar-refractivity contribution in [2.45, 2.75) is 46.2 Å². The zero-order valence-electron chi connectivity index (χ0n) is 24.1. The summed E-state index contributed by atoms with van der Waals surface area (Å²) in [5.74, 6) is -0.647. The standard InChI is InChI=1S/C31H33FN4O5S/c1-18(2)17-40-25-14-22(13-23(32)15-25)27-10-9-26(31(35-27)41-29-20(4)11-19(3)12-21(29)5)30(37)36-42(38,39)28-8-6-7-24(16-33)34-28/h6-15,18H,16-17,33H2,1-5H3,(H,36,37). The normalized spacial score (nSPS) is 11.4. The third-order valence-electron chi connectivity index (χ3n) is 6.15. The minimum atomic E-state index is -4.35. The van der Waals surface area contributed by atoms with E-state index in [0.29, 0.717) is 29.4 Å². The van der Waals surface area contributed by atoms with Crippen molar-refractivity contribution in [3.8, 4) is 28.6 Å².